The minimum atomic E-state index is -0.124. The third kappa shape index (κ3) is 1.19. The molecule has 5 nitrogen and oxygen atoms in total. The molecule has 0 saturated carbocycles. The average Bonchev–Trinajstić information content (AvgIpc) is 2.45. The van der Waals surface area contributed by atoms with Crippen molar-refractivity contribution >= 4 is 6.09 Å². The first-order valence-corrected chi connectivity index (χ1v) is 5.23. The first-order chi connectivity index (χ1) is 6.84. The number of amides is 1. The summed E-state index contributed by atoms with van der Waals surface area (Å²) in [5.41, 5.74) is 0. The smallest absolute Gasteiger partial charge is 0.410 e. The van der Waals surface area contributed by atoms with Gasteiger partial charge in [0.15, 0.2) is 0 Å². The molecule has 3 heterocycles. The summed E-state index contributed by atoms with van der Waals surface area (Å²) in [6.07, 6.45) is -0.124. The Morgan fingerprint density at radius 3 is 2.86 bits per heavy atom. The van der Waals surface area contributed by atoms with E-state index in [4.69, 9.17) is 4.74 Å². The second-order valence-electron chi connectivity index (χ2n) is 4.23. The van der Waals surface area contributed by atoms with Gasteiger partial charge in [-0.3, -0.25) is 9.80 Å². The normalized spacial score (nSPS) is 33.9. The van der Waals surface area contributed by atoms with E-state index in [0.717, 1.165) is 32.7 Å². The van der Waals surface area contributed by atoms with Crippen LogP contribution in [0.1, 0.15) is 0 Å². The predicted octanol–water partition coefficient (Wildman–Crippen LogP) is -0.905. The second-order valence-corrected chi connectivity index (χ2v) is 4.23. The summed E-state index contributed by atoms with van der Waals surface area (Å²) in [5, 5.41) is 3.27. The van der Waals surface area contributed by atoms with Gasteiger partial charge in [0.2, 0.25) is 0 Å². The summed E-state index contributed by atoms with van der Waals surface area (Å²) in [4.78, 5) is 15.6. The van der Waals surface area contributed by atoms with Gasteiger partial charge >= 0.3 is 6.09 Å². The van der Waals surface area contributed by atoms with E-state index in [1.165, 1.54) is 0 Å². The van der Waals surface area contributed by atoms with Crippen LogP contribution in [0.2, 0.25) is 0 Å². The predicted molar refractivity (Wildman–Crippen MR) is 50.1 cm³/mol. The van der Waals surface area contributed by atoms with Gasteiger partial charge in [-0.25, -0.2) is 4.79 Å². The van der Waals surface area contributed by atoms with Gasteiger partial charge in [-0.2, -0.15) is 0 Å². The highest BCUT2D eigenvalue weighted by molar-refractivity contribution is 5.70. The zero-order valence-corrected chi connectivity index (χ0v) is 8.11. The van der Waals surface area contributed by atoms with Crippen molar-refractivity contribution < 1.29 is 9.53 Å². The standard InChI is InChI=1S/C9H15N3O2/c13-9-12-2-1-11(7-3-10-4-7)5-8(12)6-14-9/h7-8,10H,1-6H2. The molecule has 1 amide bonds. The average molecular weight is 197 g/mol. The minimum absolute atomic E-state index is 0.124. The van der Waals surface area contributed by atoms with Crippen LogP contribution in [0.15, 0.2) is 0 Å². The van der Waals surface area contributed by atoms with Gasteiger partial charge in [0.1, 0.15) is 6.61 Å². The number of piperazine rings is 1. The Bertz CT molecular complexity index is 254. The lowest BCUT2D eigenvalue weighted by atomic mass is 10.1. The topological polar surface area (TPSA) is 44.8 Å². The van der Waals surface area contributed by atoms with E-state index >= 15 is 0 Å². The molecule has 0 aromatic heterocycles. The maximum Gasteiger partial charge on any atom is 0.410 e. The van der Waals surface area contributed by atoms with Gasteiger partial charge in [-0.15, -0.1) is 0 Å². The molecule has 0 aromatic carbocycles. The largest absolute Gasteiger partial charge is 0.447 e. The zero-order chi connectivity index (χ0) is 9.54. The van der Waals surface area contributed by atoms with Crippen LogP contribution in [0.25, 0.3) is 0 Å². The van der Waals surface area contributed by atoms with Crippen molar-refractivity contribution in [1.29, 1.82) is 0 Å². The third-order valence-corrected chi connectivity index (χ3v) is 3.42. The SMILES string of the molecule is O=C1OCC2CN(C3CNC3)CCN12. The summed E-state index contributed by atoms with van der Waals surface area (Å²) in [6.45, 7) is 5.59. The van der Waals surface area contributed by atoms with Crippen LogP contribution in [0.5, 0.6) is 0 Å². The summed E-state index contributed by atoms with van der Waals surface area (Å²) in [5.74, 6) is 0. The van der Waals surface area contributed by atoms with Crippen LogP contribution in [0.4, 0.5) is 4.79 Å². The molecule has 3 aliphatic rings. The molecule has 14 heavy (non-hydrogen) atoms. The number of ether oxygens (including phenoxy) is 1. The maximum atomic E-state index is 11.2. The van der Waals surface area contributed by atoms with E-state index in [9.17, 15) is 4.79 Å². The van der Waals surface area contributed by atoms with Crippen molar-refractivity contribution in [3.05, 3.63) is 0 Å². The van der Waals surface area contributed by atoms with Gasteiger partial charge in [-0.05, 0) is 0 Å². The fourth-order valence-corrected chi connectivity index (χ4v) is 2.38. The van der Waals surface area contributed by atoms with Crippen molar-refractivity contribution in [2.75, 3.05) is 39.3 Å². The van der Waals surface area contributed by atoms with Crippen LogP contribution in [0, 0.1) is 0 Å². The molecule has 3 aliphatic heterocycles. The van der Waals surface area contributed by atoms with Crippen molar-refractivity contribution in [2.24, 2.45) is 0 Å². The summed E-state index contributed by atoms with van der Waals surface area (Å²) in [6, 6.07) is 0.990. The van der Waals surface area contributed by atoms with E-state index in [-0.39, 0.29) is 6.09 Å². The summed E-state index contributed by atoms with van der Waals surface area (Å²) >= 11 is 0. The number of carbonyl (C=O) groups excluding carboxylic acids is 1. The summed E-state index contributed by atoms with van der Waals surface area (Å²) < 4.78 is 5.02. The molecule has 0 aliphatic carbocycles. The van der Waals surface area contributed by atoms with E-state index in [1.54, 1.807) is 0 Å². The molecule has 1 N–H and O–H groups in total. The van der Waals surface area contributed by atoms with Crippen molar-refractivity contribution in [3.63, 3.8) is 0 Å². The van der Waals surface area contributed by atoms with E-state index in [0.29, 0.717) is 18.7 Å². The number of nitrogens with zero attached hydrogens (tertiary/aromatic N) is 2. The Morgan fingerprint density at radius 1 is 1.29 bits per heavy atom. The molecule has 0 bridgehead atoms. The fourth-order valence-electron chi connectivity index (χ4n) is 2.38. The molecule has 0 spiro atoms. The molecule has 3 rings (SSSR count). The Hall–Kier alpha value is -0.810. The third-order valence-electron chi connectivity index (χ3n) is 3.42. The highest BCUT2D eigenvalue weighted by Crippen LogP contribution is 2.20. The number of hydrogen-bond acceptors (Lipinski definition) is 4. The van der Waals surface area contributed by atoms with Gasteiger partial charge in [0.25, 0.3) is 0 Å². The molecular weight excluding hydrogens is 182 g/mol. The van der Waals surface area contributed by atoms with Gasteiger partial charge < -0.3 is 10.1 Å². The van der Waals surface area contributed by atoms with Crippen LogP contribution in [-0.4, -0.2) is 67.3 Å². The second kappa shape index (κ2) is 3.10. The Balaban J connectivity index is 1.64. The molecule has 3 saturated heterocycles. The molecular formula is C9H15N3O2. The van der Waals surface area contributed by atoms with Crippen molar-refractivity contribution in [2.45, 2.75) is 12.1 Å². The van der Waals surface area contributed by atoms with Crippen LogP contribution < -0.4 is 5.32 Å². The fraction of sp³-hybridized carbons (Fsp3) is 0.889. The number of cyclic esters (lactones) is 1. The lowest BCUT2D eigenvalue weighted by Crippen LogP contribution is -2.63. The number of fused-ring (bicyclic) bond motifs is 1. The van der Waals surface area contributed by atoms with E-state index in [2.05, 4.69) is 10.2 Å². The molecule has 0 aromatic rings. The highest BCUT2D eigenvalue weighted by Gasteiger charge is 2.39. The minimum Gasteiger partial charge on any atom is -0.447 e. The Kier molecular flexibility index (Phi) is 1.88. The molecule has 1 unspecified atom stereocenters. The first kappa shape index (κ1) is 8.49. The number of rotatable bonds is 1. The molecule has 0 radical (unpaired) electrons. The van der Waals surface area contributed by atoms with E-state index in [1.807, 2.05) is 4.90 Å². The lowest BCUT2D eigenvalue weighted by molar-refractivity contribution is 0.0665. The molecule has 3 fully saturated rings. The summed E-state index contributed by atoms with van der Waals surface area (Å²) in [7, 11) is 0. The Labute approximate surface area is 83.0 Å². The van der Waals surface area contributed by atoms with Gasteiger partial charge in [0, 0.05) is 38.8 Å². The highest BCUT2D eigenvalue weighted by atomic mass is 16.6. The number of hydrogen-bond donors (Lipinski definition) is 1. The molecule has 1 atom stereocenters. The number of nitrogens with one attached hydrogen (secondary N) is 1. The van der Waals surface area contributed by atoms with E-state index < -0.39 is 0 Å². The first-order valence-electron chi connectivity index (χ1n) is 5.23. The Morgan fingerprint density at radius 2 is 2.14 bits per heavy atom. The molecule has 78 valence electrons. The van der Waals surface area contributed by atoms with Crippen LogP contribution in [-0.2, 0) is 4.74 Å². The van der Waals surface area contributed by atoms with Gasteiger partial charge in [-0.1, -0.05) is 0 Å². The van der Waals surface area contributed by atoms with Crippen LogP contribution >= 0.6 is 0 Å². The van der Waals surface area contributed by atoms with Crippen molar-refractivity contribution in [1.82, 2.24) is 15.1 Å². The molecule has 5 heteroatoms. The van der Waals surface area contributed by atoms with Gasteiger partial charge in [0.05, 0.1) is 6.04 Å². The lowest BCUT2D eigenvalue weighted by Gasteiger charge is -2.43. The monoisotopic (exact) mass is 197 g/mol. The van der Waals surface area contributed by atoms with Crippen molar-refractivity contribution in [3.8, 4) is 0 Å². The maximum absolute atomic E-state index is 11.2. The number of carbonyl (C=O) groups is 1. The van der Waals surface area contributed by atoms with Crippen LogP contribution in [0.3, 0.4) is 0 Å². The zero-order valence-electron chi connectivity index (χ0n) is 8.11. The quantitative estimate of drug-likeness (QED) is 0.591.